The van der Waals surface area contributed by atoms with Crippen LogP contribution in [0.15, 0.2) is 42.6 Å². The summed E-state index contributed by atoms with van der Waals surface area (Å²) in [5, 5.41) is 21.7. The molecule has 25 heavy (non-hydrogen) atoms. The Morgan fingerprint density at radius 3 is 2.88 bits per heavy atom. The van der Waals surface area contributed by atoms with Gasteiger partial charge in [-0.25, -0.2) is 0 Å². The zero-order chi connectivity index (χ0) is 17.6. The van der Waals surface area contributed by atoms with Crippen LogP contribution < -0.4 is 4.74 Å². The molecule has 0 aliphatic rings. The molecule has 0 amide bonds. The summed E-state index contributed by atoms with van der Waals surface area (Å²) in [4.78, 5) is 5.59. The first-order valence-corrected chi connectivity index (χ1v) is 7.49. The molecule has 7 heteroatoms. The van der Waals surface area contributed by atoms with Crippen molar-refractivity contribution in [3.8, 4) is 41.4 Å². The number of tetrazole rings is 1. The molecule has 0 radical (unpaired) electrons. The van der Waals surface area contributed by atoms with Crippen LogP contribution in [-0.4, -0.2) is 32.3 Å². The fraction of sp³-hybridized carbons (Fsp3) is 0.167. The van der Waals surface area contributed by atoms with Crippen molar-refractivity contribution in [2.45, 2.75) is 12.3 Å². The molecular weight excluding hydrogens is 316 g/mol. The first-order chi connectivity index (χ1) is 12.3. The van der Waals surface area contributed by atoms with Gasteiger partial charge in [-0.3, -0.25) is 4.98 Å². The quantitative estimate of drug-likeness (QED) is 0.667. The second kappa shape index (κ2) is 7.24. The molecule has 7 nitrogen and oxygen atoms in total. The standard InChI is InChI=1S/C18H14N6O/c1-3-6-13(12-19)15-9-8-14(11-17(15)25-2)24-22-18(21-23-24)16-7-4-5-10-20-16/h1,4-5,7-11,13H,6H2,2H3. The van der Waals surface area contributed by atoms with E-state index < -0.39 is 5.92 Å². The van der Waals surface area contributed by atoms with Gasteiger partial charge in [0.05, 0.1) is 24.8 Å². The summed E-state index contributed by atoms with van der Waals surface area (Å²) in [6, 6.07) is 13.0. The van der Waals surface area contributed by atoms with Gasteiger partial charge in [-0.05, 0) is 23.4 Å². The molecule has 122 valence electrons. The molecule has 1 aromatic carbocycles. The Morgan fingerprint density at radius 1 is 1.32 bits per heavy atom. The highest BCUT2D eigenvalue weighted by atomic mass is 16.5. The molecule has 0 aliphatic heterocycles. The number of aromatic nitrogens is 5. The second-order valence-corrected chi connectivity index (χ2v) is 5.13. The van der Waals surface area contributed by atoms with Gasteiger partial charge in [0, 0.05) is 24.2 Å². The minimum Gasteiger partial charge on any atom is -0.496 e. The molecule has 0 saturated carbocycles. The Bertz CT molecular complexity index is 952. The molecule has 3 rings (SSSR count). The molecule has 0 aliphatic carbocycles. The van der Waals surface area contributed by atoms with Gasteiger partial charge >= 0.3 is 0 Å². The molecule has 0 saturated heterocycles. The van der Waals surface area contributed by atoms with Crippen molar-refractivity contribution in [3.63, 3.8) is 0 Å². The molecule has 3 aromatic rings. The molecule has 0 fully saturated rings. The smallest absolute Gasteiger partial charge is 0.223 e. The fourth-order valence-electron chi connectivity index (χ4n) is 2.38. The summed E-state index contributed by atoms with van der Waals surface area (Å²) >= 11 is 0. The average Bonchev–Trinajstić information content (AvgIpc) is 3.16. The Hall–Kier alpha value is -3.71. The fourth-order valence-corrected chi connectivity index (χ4v) is 2.38. The van der Waals surface area contributed by atoms with E-state index in [4.69, 9.17) is 11.2 Å². The maximum atomic E-state index is 9.30. The summed E-state index contributed by atoms with van der Waals surface area (Å²) < 4.78 is 5.41. The van der Waals surface area contributed by atoms with E-state index in [0.29, 0.717) is 29.4 Å². The minimum atomic E-state index is -0.429. The second-order valence-electron chi connectivity index (χ2n) is 5.13. The SMILES string of the molecule is C#CCC(C#N)c1ccc(-n2nnc(-c3ccccn3)n2)cc1OC. The van der Waals surface area contributed by atoms with Gasteiger partial charge in [-0.15, -0.1) is 27.3 Å². The van der Waals surface area contributed by atoms with Crippen molar-refractivity contribution in [3.05, 3.63) is 48.2 Å². The van der Waals surface area contributed by atoms with Crippen molar-refractivity contribution < 1.29 is 4.74 Å². The average molecular weight is 330 g/mol. The molecule has 2 heterocycles. The van der Waals surface area contributed by atoms with Crippen LogP contribution in [0.2, 0.25) is 0 Å². The third-order valence-electron chi connectivity index (χ3n) is 3.61. The van der Waals surface area contributed by atoms with E-state index in [1.807, 2.05) is 18.2 Å². The number of terminal acetylenes is 1. The number of hydrogen-bond acceptors (Lipinski definition) is 6. The van der Waals surface area contributed by atoms with Crippen molar-refractivity contribution in [2.24, 2.45) is 0 Å². The number of methoxy groups -OCH3 is 1. The molecule has 1 atom stereocenters. The van der Waals surface area contributed by atoms with Gasteiger partial charge in [0.25, 0.3) is 0 Å². The normalized spacial score (nSPS) is 11.3. The van der Waals surface area contributed by atoms with Crippen molar-refractivity contribution in [2.75, 3.05) is 7.11 Å². The van der Waals surface area contributed by atoms with E-state index >= 15 is 0 Å². The van der Waals surface area contributed by atoms with Gasteiger partial charge in [0.1, 0.15) is 11.4 Å². The van der Waals surface area contributed by atoms with Crippen molar-refractivity contribution in [1.29, 1.82) is 5.26 Å². The van der Waals surface area contributed by atoms with Crippen molar-refractivity contribution in [1.82, 2.24) is 25.2 Å². The zero-order valence-corrected chi connectivity index (χ0v) is 13.5. The highest BCUT2D eigenvalue weighted by Crippen LogP contribution is 2.30. The van der Waals surface area contributed by atoms with Gasteiger partial charge in [-0.2, -0.15) is 5.26 Å². The van der Waals surface area contributed by atoms with E-state index in [1.165, 1.54) is 4.80 Å². The maximum Gasteiger partial charge on any atom is 0.223 e. The molecule has 1 unspecified atom stereocenters. The summed E-state index contributed by atoms with van der Waals surface area (Å²) in [5.41, 5.74) is 2.03. The van der Waals surface area contributed by atoms with Crippen LogP contribution in [0.25, 0.3) is 17.2 Å². The Morgan fingerprint density at radius 2 is 2.20 bits per heavy atom. The van der Waals surface area contributed by atoms with Crippen LogP contribution in [0.3, 0.4) is 0 Å². The summed E-state index contributed by atoms with van der Waals surface area (Å²) in [6.45, 7) is 0. The highest BCUT2D eigenvalue weighted by Gasteiger charge is 2.17. The van der Waals surface area contributed by atoms with Gasteiger partial charge in [0.2, 0.25) is 5.82 Å². The monoisotopic (exact) mass is 330 g/mol. The van der Waals surface area contributed by atoms with E-state index in [9.17, 15) is 5.26 Å². The third-order valence-corrected chi connectivity index (χ3v) is 3.61. The number of hydrogen-bond donors (Lipinski definition) is 0. The Kier molecular flexibility index (Phi) is 4.68. The third kappa shape index (κ3) is 3.31. The zero-order valence-electron chi connectivity index (χ0n) is 13.5. The molecular formula is C18H14N6O. The lowest BCUT2D eigenvalue weighted by Gasteiger charge is -2.12. The number of ether oxygens (including phenoxy) is 1. The minimum absolute atomic E-state index is 0.317. The van der Waals surface area contributed by atoms with E-state index in [2.05, 4.69) is 32.4 Å². The first kappa shape index (κ1) is 16.2. The van der Waals surface area contributed by atoms with Gasteiger partial charge < -0.3 is 4.74 Å². The number of benzene rings is 1. The lowest BCUT2D eigenvalue weighted by atomic mass is 9.96. The predicted molar refractivity (Wildman–Crippen MR) is 90.7 cm³/mol. The van der Waals surface area contributed by atoms with Crippen LogP contribution >= 0.6 is 0 Å². The van der Waals surface area contributed by atoms with Crippen LogP contribution in [0.4, 0.5) is 0 Å². The van der Waals surface area contributed by atoms with Crippen LogP contribution in [0.1, 0.15) is 17.9 Å². The lowest BCUT2D eigenvalue weighted by Crippen LogP contribution is -2.03. The molecule has 0 spiro atoms. The Balaban J connectivity index is 1.96. The largest absolute Gasteiger partial charge is 0.496 e. The van der Waals surface area contributed by atoms with E-state index in [-0.39, 0.29) is 0 Å². The summed E-state index contributed by atoms with van der Waals surface area (Å²) in [6.07, 6.45) is 7.32. The first-order valence-electron chi connectivity index (χ1n) is 7.49. The number of pyridine rings is 1. The number of nitrogens with zero attached hydrogens (tertiary/aromatic N) is 6. The van der Waals surface area contributed by atoms with Gasteiger partial charge in [0.15, 0.2) is 0 Å². The van der Waals surface area contributed by atoms with E-state index in [1.54, 1.807) is 31.5 Å². The van der Waals surface area contributed by atoms with Crippen LogP contribution in [0.5, 0.6) is 5.75 Å². The molecule has 0 N–H and O–H groups in total. The number of nitriles is 1. The maximum absolute atomic E-state index is 9.30. The molecule has 0 bridgehead atoms. The topological polar surface area (TPSA) is 89.5 Å². The summed E-state index contributed by atoms with van der Waals surface area (Å²) in [5.74, 6) is 3.06. The van der Waals surface area contributed by atoms with E-state index in [0.717, 1.165) is 5.56 Å². The van der Waals surface area contributed by atoms with Crippen LogP contribution in [0, 0.1) is 23.7 Å². The molecule has 2 aromatic heterocycles. The van der Waals surface area contributed by atoms with Gasteiger partial charge in [-0.1, -0.05) is 12.1 Å². The predicted octanol–water partition coefficient (Wildman–Crippen LogP) is 2.36. The van der Waals surface area contributed by atoms with Crippen molar-refractivity contribution >= 4 is 0 Å². The summed E-state index contributed by atoms with van der Waals surface area (Å²) in [7, 11) is 1.54. The van der Waals surface area contributed by atoms with Crippen LogP contribution in [-0.2, 0) is 0 Å². The Labute approximate surface area is 144 Å². The lowest BCUT2D eigenvalue weighted by molar-refractivity contribution is 0.408. The highest BCUT2D eigenvalue weighted by molar-refractivity contribution is 5.49. The number of rotatable bonds is 5.